The number of guanidine groups is 1. The van der Waals surface area contributed by atoms with Crippen LogP contribution in [0, 0.1) is 11.8 Å². The minimum Gasteiger partial charge on any atom is -0.480 e. The van der Waals surface area contributed by atoms with Gasteiger partial charge in [-0.2, -0.15) is 0 Å². The Morgan fingerprint density at radius 1 is 0.575 bits per heavy atom. The number of aliphatic hydroxyl groups excluding tert-OH is 1. The standard InChI is InChI=1S/C53H92N18O16/c1-5-28(4)42(51(85)71-22-10-14-37(71)49(83)67-33(52(86)87)11-6-7-19-54)69-47(81)34(23-27(2)3)63-41(76)25-62-48(82)36-13-9-21-70(36)50(84)35(24-40(58)75)68-44(78)30(12-8-20-61-53(59)60)65-46(80)32(16-18-39(57)74)66-45(79)31(15-17-38(56)73)64-43(77)29(55)26-72/h27-37,42,72H,5-26,54-55H2,1-4H3,(H2,56,73)(H2,57,74)(H2,58,75)(H,62,82)(H,63,76)(H,64,77)(H,65,80)(H,66,79)(H,67,83)(H,68,78)(H,69,81)(H,86,87)(H4,59,60,61)/t28-,29-,30-,31-,32-,33-,34-,35-,36-,37-,42-/m0/s1. The van der Waals surface area contributed by atoms with E-state index in [1.165, 1.54) is 4.90 Å². The highest BCUT2D eigenvalue weighted by Gasteiger charge is 2.43. The second-order valence-electron chi connectivity index (χ2n) is 22.1. The SMILES string of the molecule is CC[C@H](C)[C@H](NC(=O)[C@H](CC(C)C)NC(=O)CNC(=O)[C@@H]1CCCN1C(=O)[C@H](CC(N)=O)NC(=O)[C@H](CCCN=C(N)N)NC(=O)[C@H](CCC(N)=O)NC(=O)[C@H](CCC(N)=O)NC(=O)[C@@H](N)CO)C(=O)N1CCC[C@H]1C(=O)N[C@@H](CCCCN)C(=O)O. The lowest BCUT2D eigenvalue weighted by Gasteiger charge is -2.33. The van der Waals surface area contributed by atoms with Crippen LogP contribution in [0.2, 0.25) is 0 Å². The van der Waals surface area contributed by atoms with Crippen molar-refractivity contribution in [2.75, 3.05) is 39.3 Å². The zero-order valence-electron chi connectivity index (χ0n) is 50.0. The molecule has 24 N–H and O–H groups in total. The van der Waals surface area contributed by atoms with Gasteiger partial charge in [-0.1, -0.05) is 34.1 Å². The van der Waals surface area contributed by atoms with E-state index < -0.39 is 194 Å². The molecule has 0 bridgehead atoms. The molecule has 13 amide bonds. The summed E-state index contributed by atoms with van der Waals surface area (Å²) in [6, 6.07) is -14.0. The minimum atomic E-state index is -1.76. The Hall–Kier alpha value is -8.27. The van der Waals surface area contributed by atoms with Crippen molar-refractivity contribution in [2.24, 2.45) is 57.0 Å². The molecule has 490 valence electrons. The molecule has 0 spiro atoms. The molecular weight excluding hydrogens is 1140 g/mol. The smallest absolute Gasteiger partial charge is 0.326 e. The van der Waals surface area contributed by atoms with Crippen molar-refractivity contribution in [3.8, 4) is 0 Å². The summed E-state index contributed by atoms with van der Waals surface area (Å²) in [4.78, 5) is 192. The summed E-state index contributed by atoms with van der Waals surface area (Å²) < 4.78 is 0. The van der Waals surface area contributed by atoms with E-state index in [9.17, 15) is 77.3 Å². The number of aliphatic carboxylic acids is 1. The van der Waals surface area contributed by atoms with Crippen LogP contribution in [0.25, 0.3) is 0 Å². The largest absolute Gasteiger partial charge is 0.480 e. The molecule has 0 aromatic heterocycles. The van der Waals surface area contributed by atoms with Crippen molar-refractivity contribution in [3.63, 3.8) is 0 Å². The number of hydrogen-bond acceptors (Lipinski definition) is 18. The quantitative estimate of drug-likeness (QED) is 0.0154. The van der Waals surface area contributed by atoms with Crippen LogP contribution in [0.5, 0.6) is 0 Å². The fourth-order valence-corrected chi connectivity index (χ4v) is 9.64. The topological polar surface area (TPSA) is 577 Å². The number of aliphatic hydroxyl groups is 1. The first-order valence-electron chi connectivity index (χ1n) is 29.2. The normalized spacial score (nSPS) is 17.7. The zero-order chi connectivity index (χ0) is 65.7. The minimum absolute atomic E-state index is 0.00502. The number of unbranched alkanes of at least 4 members (excludes halogenated alkanes) is 1. The van der Waals surface area contributed by atoms with Crippen LogP contribution in [-0.4, -0.2) is 208 Å². The number of hydrogen-bond donors (Lipinski definition) is 17. The third kappa shape index (κ3) is 26.1. The Balaban J connectivity index is 2.33. The van der Waals surface area contributed by atoms with Crippen molar-refractivity contribution >= 4 is 88.7 Å². The Morgan fingerprint density at radius 2 is 1.07 bits per heavy atom. The maximum absolute atomic E-state index is 14.3. The highest BCUT2D eigenvalue weighted by molar-refractivity contribution is 6.00. The van der Waals surface area contributed by atoms with Gasteiger partial charge in [0.2, 0.25) is 76.8 Å². The van der Waals surface area contributed by atoms with Crippen LogP contribution < -0.4 is 82.7 Å². The van der Waals surface area contributed by atoms with Crippen LogP contribution in [0.3, 0.4) is 0 Å². The fourth-order valence-electron chi connectivity index (χ4n) is 9.64. The van der Waals surface area contributed by atoms with Gasteiger partial charge < -0.3 is 103 Å². The number of aliphatic imine (C=N–C) groups is 1. The van der Waals surface area contributed by atoms with Crippen molar-refractivity contribution in [1.82, 2.24) is 52.3 Å². The number of carboxylic acid groups (broad SMARTS) is 1. The highest BCUT2D eigenvalue weighted by Crippen LogP contribution is 2.23. The molecule has 0 aromatic rings. The van der Waals surface area contributed by atoms with Gasteiger partial charge in [-0.15, -0.1) is 0 Å². The predicted octanol–water partition coefficient (Wildman–Crippen LogP) is -7.44. The predicted molar refractivity (Wildman–Crippen MR) is 311 cm³/mol. The van der Waals surface area contributed by atoms with Gasteiger partial charge in [-0.05, 0) is 95.4 Å². The van der Waals surface area contributed by atoms with Gasteiger partial charge in [-0.3, -0.25) is 67.3 Å². The van der Waals surface area contributed by atoms with E-state index >= 15 is 0 Å². The molecule has 11 atom stereocenters. The Kier molecular flexibility index (Phi) is 32.7. The van der Waals surface area contributed by atoms with Gasteiger partial charge in [0.15, 0.2) is 5.96 Å². The highest BCUT2D eigenvalue weighted by atomic mass is 16.4. The van der Waals surface area contributed by atoms with E-state index in [0.717, 1.165) is 4.90 Å². The number of nitrogens with zero attached hydrogens (tertiary/aromatic N) is 3. The van der Waals surface area contributed by atoms with Crippen LogP contribution >= 0.6 is 0 Å². The summed E-state index contributed by atoms with van der Waals surface area (Å²) in [5, 5.41) is 38.9. The molecule has 0 saturated carbocycles. The molecule has 0 radical (unpaired) electrons. The molecule has 34 heteroatoms. The van der Waals surface area contributed by atoms with Crippen LogP contribution in [0.15, 0.2) is 4.99 Å². The van der Waals surface area contributed by atoms with Crippen LogP contribution in [-0.2, 0) is 67.1 Å². The summed E-state index contributed by atoms with van der Waals surface area (Å²) >= 11 is 0. The van der Waals surface area contributed by atoms with E-state index in [0.29, 0.717) is 32.2 Å². The summed E-state index contributed by atoms with van der Waals surface area (Å²) in [7, 11) is 0. The maximum atomic E-state index is 14.3. The van der Waals surface area contributed by atoms with Crippen molar-refractivity contribution in [2.45, 2.75) is 191 Å². The summed E-state index contributed by atoms with van der Waals surface area (Å²) in [5.74, 6) is -13.9. The molecule has 34 nitrogen and oxygen atoms in total. The Labute approximate surface area is 504 Å². The van der Waals surface area contributed by atoms with Gasteiger partial charge in [0.05, 0.1) is 19.6 Å². The number of nitrogens with two attached hydrogens (primary N) is 7. The molecule has 2 heterocycles. The second kappa shape index (κ2) is 38.0. The lowest BCUT2D eigenvalue weighted by atomic mass is 9.96. The van der Waals surface area contributed by atoms with Crippen molar-refractivity contribution in [1.29, 1.82) is 0 Å². The first-order chi connectivity index (χ1) is 40.9. The van der Waals surface area contributed by atoms with E-state index in [-0.39, 0.29) is 76.5 Å². The zero-order valence-corrected chi connectivity index (χ0v) is 50.0. The molecule has 0 aliphatic carbocycles. The van der Waals surface area contributed by atoms with E-state index in [1.807, 2.05) is 0 Å². The number of carbonyl (C=O) groups is 14. The summed E-state index contributed by atoms with van der Waals surface area (Å²) in [6.07, 6.45) is -0.277. The number of carbonyl (C=O) groups excluding carboxylic acids is 13. The Bertz CT molecular complexity index is 2460. The number of nitrogens with one attached hydrogen (secondary N) is 8. The monoisotopic (exact) mass is 1240 g/mol. The fraction of sp³-hybridized carbons (Fsp3) is 0.717. The number of likely N-dealkylation sites (tertiary alicyclic amines) is 2. The molecule has 2 aliphatic heterocycles. The molecular formula is C53H92N18O16. The molecule has 2 saturated heterocycles. The lowest BCUT2D eigenvalue weighted by Crippen LogP contribution is -2.60. The molecule has 87 heavy (non-hydrogen) atoms. The van der Waals surface area contributed by atoms with Gasteiger partial charge in [0.25, 0.3) is 0 Å². The third-order valence-corrected chi connectivity index (χ3v) is 14.6. The maximum Gasteiger partial charge on any atom is 0.326 e. The molecule has 0 aromatic carbocycles. The third-order valence-electron chi connectivity index (χ3n) is 14.6. The average Bonchev–Trinajstić information content (AvgIpc) is 3.33. The van der Waals surface area contributed by atoms with Crippen molar-refractivity contribution in [3.05, 3.63) is 0 Å². The average molecular weight is 1240 g/mol. The van der Waals surface area contributed by atoms with Gasteiger partial charge in [0, 0.05) is 32.5 Å². The molecule has 2 rings (SSSR count). The van der Waals surface area contributed by atoms with E-state index in [1.54, 1.807) is 27.7 Å². The summed E-state index contributed by atoms with van der Waals surface area (Å²) in [6.45, 7) is 5.92. The van der Waals surface area contributed by atoms with Gasteiger partial charge >= 0.3 is 5.97 Å². The van der Waals surface area contributed by atoms with Crippen LogP contribution in [0.4, 0.5) is 0 Å². The number of primary amides is 3. The number of amides is 13. The van der Waals surface area contributed by atoms with Crippen molar-refractivity contribution < 1.29 is 77.3 Å². The molecule has 2 aliphatic rings. The van der Waals surface area contributed by atoms with Crippen LogP contribution in [0.1, 0.15) is 130 Å². The van der Waals surface area contributed by atoms with E-state index in [4.69, 9.17) is 40.1 Å². The number of carboxylic acids is 1. The lowest BCUT2D eigenvalue weighted by molar-refractivity contribution is -0.145. The summed E-state index contributed by atoms with van der Waals surface area (Å²) in [5.41, 5.74) is 38.2. The van der Waals surface area contributed by atoms with Gasteiger partial charge in [-0.25, -0.2) is 4.79 Å². The van der Waals surface area contributed by atoms with E-state index in [2.05, 4.69) is 47.5 Å². The first kappa shape index (κ1) is 74.8. The molecule has 2 fully saturated rings. The number of rotatable bonds is 40. The first-order valence-corrected chi connectivity index (χ1v) is 29.2. The Morgan fingerprint density at radius 3 is 1.55 bits per heavy atom. The second-order valence-corrected chi connectivity index (χ2v) is 22.1. The molecule has 0 unspecified atom stereocenters. The van der Waals surface area contributed by atoms with Gasteiger partial charge in [0.1, 0.15) is 60.4 Å².